The molecule has 20 heavy (non-hydrogen) atoms. The van der Waals surface area contributed by atoms with Crippen LogP contribution in [-0.4, -0.2) is 42.3 Å². The SMILES string of the molecule is COC(CNC(=O)/C=C/c1cnc2ccccn12)OC. The molecule has 106 valence electrons. The summed E-state index contributed by atoms with van der Waals surface area (Å²) in [6, 6.07) is 5.73. The minimum absolute atomic E-state index is 0.213. The van der Waals surface area contributed by atoms with E-state index >= 15 is 0 Å². The minimum atomic E-state index is -0.442. The second kappa shape index (κ2) is 6.83. The maximum absolute atomic E-state index is 11.7. The Morgan fingerprint density at radius 2 is 2.25 bits per heavy atom. The molecule has 0 fully saturated rings. The smallest absolute Gasteiger partial charge is 0.244 e. The molecular formula is C14H17N3O3. The van der Waals surface area contributed by atoms with Gasteiger partial charge in [0.05, 0.1) is 18.4 Å². The van der Waals surface area contributed by atoms with E-state index in [1.165, 1.54) is 20.3 Å². The average Bonchev–Trinajstić information content (AvgIpc) is 2.89. The fraction of sp³-hybridized carbons (Fsp3) is 0.286. The first-order chi connectivity index (χ1) is 9.74. The summed E-state index contributed by atoms with van der Waals surface area (Å²) in [4.78, 5) is 15.9. The quantitative estimate of drug-likeness (QED) is 0.633. The van der Waals surface area contributed by atoms with Gasteiger partial charge in [-0.05, 0) is 18.2 Å². The maximum atomic E-state index is 11.7. The first-order valence-electron chi connectivity index (χ1n) is 6.18. The standard InChI is InChI=1S/C14H17N3O3/c1-19-14(20-2)10-16-13(18)7-6-11-9-15-12-5-3-4-8-17(11)12/h3-9,14H,10H2,1-2H3,(H,16,18)/b7-6+. The van der Waals surface area contributed by atoms with E-state index in [0.717, 1.165) is 11.3 Å². The zero-order chi connectivity index (χ0) is 14.4. The minimum Gasteiger partial charge on any atom is -0.354 e. The van der Waals surface area contributed by atoms with Crippen LogP contribution in [0.1, 0.15) is 5.69 Å². The van der Waals surface area contributed by atoms with Gasteiger partial charge in [-0.3, -0.25) is 4.79 Å². The summed E-state index contributed by atoms with van der Waals surface area (Å²) in [5, 5.41) is 2.69. The van der Waals surface area contributed by atoms with E-state index in [2.05, 4.69) is 10.3 Å². The van der Waals surface area contributed by atoms with Gasteiger partial charge in [0.15, 0.2) is 6.29 Å². The lowest BCUT2D eigenvalue weighted by molar-refractivity contribution is -0.123. The van der Waals surface area contributed by atoms with Crippen LogP contribution in [0, 0.1) is 0 Å². The van der Waals surface area contributed by atoms with E-state index in [4.69, 9.17) is 9.47 Å². The monoisotopic (exact) mass is 275 g/mol. The normalized spacial score (nSPS) is 11.6. The van der Waals surface area contributed by atoms with Crippen LogP contribution in [0.5, 0.6) is 0 Å². The van der Waals surface area contributed by atoms with Crippen molar-refractivity contribution in [2.75, 3.05) is 20.8 Å². The van der Waals surface area contributed by atoms with Crippen molar-refractivity contribution in [3.8, 4) is 0 Å². The Kier molecular flexibility index (Phi) is 4.86. The molecule has 2 aromatic heterocycles. The molecule has 6 nitrogen and oxygen atoms in total. The molecule has 2 heterocycles. The van der Waals surface area contributed by atoms with Gasteiger partial charge in [-0.1, -0.05) is 6.07 Å². The summed E-state index contributed by atoms with van der Waals surface area (Å²) in [5.74, 6) is -0.213. The van der Waals surface area contributed by atoms with Crippen LogP contribution >= 0.6 is 0 Å². The lowest BCUT2D eigenvalue weighted by Crippen LogP contribution is -2.33. The third-order valence-electron chi connectivity index (χ3n) is 2.82. The van der Waals surface area contributed by atoms with Crippen LogP contribution in [0.3, 0.4) is 0 Å². The Bertz CT molecular complexity index is 602. The van der Waals surface area contributed by atoms with E-state index in [9.17, 15) is 4.79 Å². The van der Waals surface area contributed by atoms with Crippen molar-refractivity contribution >= 4 is 17.6 Å². The van der Waals surface area contributed by atoms with Crippen LogP contribution in [0.15, 0.2) is 36.7 Å². The molecule has 0 saturated heterocycles. The Morgan fingerprint density at radius 1 is 1.45 bits per heavy atom. The number of nitrogens with zero attached hydrogens (tertiary/aromatic N) is 2. The number of rotatable bonds is 6. The van der Waals surface area contributed by atoms with E-state index in [0.29, 0.717) is 6.54 Å². The highest BCUT2D eigenvalue weighted by molar-refractivity contribution is 5.91. The van der Waals surface area contributed by atoms with Gasteiger partial charge in [-0.25, -0.2) is 4.98 Å². The zero-order valence-electron chi connectivity index (χ0n) is 11.4. The second-order valence-corrected chi connectivity index (χ2v) is 4.09. The van der Waals surface area contributed by atoms with Crippen LogP contribution < -0.4 is 5.32 Å². The number of pyridine rings is 1. The summed E-state index contributed by atoms with van der Waals surface area (Å²) in [7, 11) is 3.04. The Labute approximate surface area is 117 Å². The fourth-order valence-electron chi connectivity index (χ4n) is 1.74. The number of imidazole rings is 1. The molecule has 6 heteroatoms. The molecule has 0 spiro atoms. The Balaban J connectivity index is 1.97. The number of carbonyl (C=O) groups excluding carboxylic acids is 1. The number of hydrogen-bond acceptors (Lipinski definition) is 4. The molecular weight excluding hydrogens is 258 g/mol. The van der Waals surface area contributed by atoms with E-state index in [1.54, 1.807) is 12.3 Å². The van der Waals surface area contributed by atoms with E-state index < -0.39 is 6.29 Å². The molecule has 0 atom stereocenters. The molecule has 0 unspecified atom stereocenters. The lowest BCUT2D eigenvalue weighted by Gasteiger charge is -2.12. The summed E-state index contributed by atoms with van der Waals surface area (Å²) >= 11 is 0. The summed E-state index contributed by atoms with van der Waals surface area (Å²) in [6.45, 7) is 0.295. The van der Waals surface area contributed by atoms with Crippen LogP contribution in [0.2, 0.25) is 0 Å². The summed E-state index contributed by atoms with van der Waals surface area (Å²) in [5.41, 5.74) is 1.68. The average molecular weight is 275 g/mol. The number of carbonyl (C=O) groups is 1. The number of aromatic nitrogens is 2. The van der Waals surface area contributed by atoms with Crippen molar-refractivity contribution in [1.82, 2.24) is 14.7 Å². The number of methoxy groups -OCH3 is 2. The second-order valence-electron chi connectivity index (χ2n) is 4.09. The van der Waals surface area contributed by atoms with Gasteiger partial charge in [-0.15, -0.1) is 0 Å². The van der Waals surface area contributed by atoms with Crippen molar-refractivity contribution in [2.24, 2.45) is 0 Å². The first kappa shape index (κ1) is 14.2. The van der Waals surface area contributed by atoms with Gasteiger partial charge in [0, 0.05) is 26.5 Å². The highest BCUT2D eigenvalue weighted by Gasteiger charge is 2.06. The third-order valence-corrected chi connectivity index (χ3v) is 2.82. The van der Waals surface area contributed by atoms with Crippen LogP contribution in [0.4, 0.5) is 0 Å². The lowest BCUT2D eigenvalue weighted by atomic mass is 10.3. The molecule has 0 aliphatic heterocycles. The molecule has 0 bridgehead atoms. The maximum Gasteiger partial charge on any atom is 0.244 e. The highest BCUT2D eigenvalue weighted by atomic mass is 16.7. The van der Waals surface area contributed by atoms with Gasteiger partial charge in [-0.2, -0.15) is 0 Å². The molecule has 2 rings (SSSR count). The Morgan fingerprint density at radius 3 is 3.00 bits per heavy atom. The van der Waals surface area contributed by atoms with E-state index in [1.807, 2.05) is 28.8 Å². The van der Waals surface area contributed by atoms with Crippen molar-refractivity contribution in [3.05, 3.63) is 42.4 Å². The molecule has 0 saturated carbocycles. The first-order valence-corrected chi connectivity index (χ1v) is 6.18. The number of fused-ring (bicyclic) bond motifs is 1. The van der Waals surface area contributed by atoms with Crippen molar-refractivity contribution in [1.29, 1.82) is 0 Å². The molecule has 0 radical (unpaired) electrons. The molecule has 1 amide bonds. The van der Waals surface area contributed by atoms with Gasteiger partial charge in [0.25, 0.3) is 0 Å². The fourth-order valence-corrected chi connectivity index (χ4v) is 1.74. The van der Waals surface area contributed by atoms with Crippen LogP contribution in [-0.2, 0) is 14.3 Å². The number of amides is 1. The largest absolute Gasteiger partial charge is 0.354 e. The van der Waals surface area contributed by atoms with Crippen molar-refractivity contribution in [3.63, 3.8) is 0 Å². The Hall–Kier alpha value is -2.18. The molecule has 0 aliphatic carbocycles. The van der Waals surface area contributed by atoms with Crippen molar-refractivity contribution < 1.29 is 14.3 Å². The molecule has 2 aromatic rings. The zero-order valence-corrected chi connectivity index (χ0v) is 11.4. The number of hydrogen-bond donors (Lipinski definition) is 1. The predicted molar refractivity (Wildman–Crippen MR) is 75.0 cm³/mol. The predicted octanol–water partition coefficient (Wildman–Crippen LogP) is 1.08. The van der Waals surface area contributed by atoms with Crippen molar-refractivity contribution in [2.45, 2.75) is 6.29 Å². The topological polar surface area (TPSA) is 64.9 Å². The molecule has 1 N–H and O–H groups in total. The highest BCUT2D eigenvalue weighted by Crippen LogP contribution is 2.07. The van der Waals surface area contributed by atoms with Gasteiger partial charge in [0.1, 0.15) is 5.65 Å². The van der Waals surface area contributed by atoms with E-state index in [-0.39, 0.29) is 5.91 Å². The molecule has 0 aliphatic rings. The van der Waals surface area contributed by atoms with Gasteiger partial charge in [0.2, 0.25) is 5.91 Å². The summed E-state index contributed by atoms with van der Waals surface area (Å²) < 4.78 is 11.9. The number of nitrogens with one attached hydrogen (secondary N) is 1. The summed E-state index contributed by atoms with van der Waals surface area (Å²) in [6.07, 6.45) is 6.34. The van der Waals surface area contributed by atoms with Gasteiger partial charge < -0.3 is 19.2 Å². The molecule has 0 aromatic carbocycles. The van der Waals surface area contributed by atoms with Crippen LogP contribution in [0.25, 0.3) is 11.7 Å². The van der Waals surface area contributed by atoms with Gasteiger partial charge >= 0.3 is 0 Å². The number of ether oxygens (including phenoxy) is 2. The third kappa shape index (κ3) is 3.43.